The van der Waals surface area contributed by atoms with E-state index >= 15 is 0 Å². The molecule has 0 atom stereocenters. The fraction of sp³-hybridized carbons (Fsp3) is 0.400. The third-order valence-corrected chi connectivity index (χ3v) is 3.85. The van der Waals surface area contributed by atoms with Crippen LogP contribution < -0.4 is 5.73 Å². The van der Waals surface area contributed by atoms with E-state index in [0.29, 0.717) is 11.6 Å². The number of pyridine rings is 1. The van der Waals surface area contributed by atoms with Crippen LogP contribution in [0.4, 0.5) is 5.82 Å². The quantitative estimate of drug-likeness (QED) is 0.908. The lowest BCUT2D eigenvalue weighted by atomic mass is 9.91. The van der Waals surface area contributed by atoms with Gasteiger partial charge in [0.1, 0.15) is 11.5 Å². The molecular formula is C15H19BrN4. The van der Waals surface area contributed by atoms with Crippen molar-refractivity contribution in [1.82, 2.24) is 15.0 Å². The van der Waals surface area contributed by atoms with E-state index in [2.05, 4.69) is 58.6 Å². The largest absolute Gasteiger partial charge is 0.383 e. The molecule has 0 radical (unpaired) electrons. The fourth-order valence-corrected chi connectivity index (χ4v) is 2.76. The van der Waals surface area contributed by atoms with E-state index in [0.717, 1.165) is 27.8 Å². The molecule has 0 bridgehead atoms. The Morgan fingerprint density at radius 3 is 2.55 bits per heavy atom. The molecule has 4 nitrogen and oxygen atoms in total. The number of aryl methyl sites for hydroxylation is 1. The number of halogens is 1. The standard InChI is InChI=1S/C15H19BrN4/c1-5-9-7-6-8-18-11(9)14-19-12(15(2,3)4)10(16)13(17)20-14/h6-8H,5H2,1-4H3,(H2,17,19,20). The van der Waals surface area contributed by atoms with E-state index in [-0.39, 0.29) is 5.41 Å². The predicted molar refractivity (Wildman–Crippen MR) is 85.5 cm³/mol. The number of hydrogen-bond donors (Lipinski definition) is 1. The lowest BCUT2D eigenvalue weighted by molar-refractivity contribution is 0.564. The number of anilines is 1. The van der Waals surface area contributed by atoms with Crippen LogP contribution in [-0.4, -0.2) is 15.0 Å². The van der Waals surface area contributed by atoms with Crippen molar-refractivity contribution in [3.63, 3.8) is 0 Å². The molecule has 0 aliphatic carbocycles. The highest BCUT2D eigenvalue weighted by Gasteiger charge is 2.23. The lowest BCUT2D eigenvalue weighted by Crippen LogP contribution is -2.17. The third-order valence-electron chi connectivity index (χ3n) is 3.07. The fourth-order valence-electron chi connectivity index (χ4n) is 1.99. The van der Waals surface area contributed by atoms with Gasteiger partial charge in [0.15, 0.2) is 5.82 Å². The second-order valence-corrected chi connectivity index (χ2v) is 6.50. The van der Waals surface area contributed by atoms with Crippen molar-refractivity contribution in [1.29, 1.82) is 0 Å². The van der Waals surface area contributed by atoms with Crippen LogP contribution in [0.5, 0.6) is 0 Å². The van der Waals surface area contributed by atoms with E-state index in [9.17, 15) is 0 Å². The van der Waals surface area contributed by atoms with Crippen molar-refractivity contribution in [3.05, 3.63) is 34.1 Å². The van der Waals surface area contributed by atoms with Gasteiger partial charge in [-0.05, 0) is 34.0 Å². The van der Waals surface area contributed by atoms with E-state index in [1.807, 2.05) is 12.1 Å². The summed E-state index contributed by atoms with van der Waals surface area (Å²) in [5.41, 5.74) is 8.72. The summed E-state index contributed by atoms with van der Waals surface area (Å²) in [4.78, 5) is 13.5. The third kappa shape index (κ3) is 2.82. The molecule has 20 heavy (non-hydrogen) atoms. The Kier molecular flexibility index (Phi) is 4.09. The first-order valence-corrected chi connectivity index (χ1v) is 7.41. The molecule has 0 spiro atoms. The van der Waals surface area contributed by atoms with Gasteiger partial charge in [-0.25, -0.2) is 9.97 Å². The van der Waals surface area contributed by atoms with E-state index in [4.69, 9.17) is 5.73 Å². The van der Waals surface area contributed by atoms with Crippen LogP contribution in [0.15, 0.2) is 22.8 Å². The van der Waals surface area contributed by atoms with Crippen LogP contribution in [0.2, 0.25) is 0 Å². The Morgan fingerprint density at radius 1 is 1.25 bits per heavy atom. The summed E-state index contributed by atoms with van der Waals surface area (Å²) in [5.74, 6) is 1.04. The van der Waals surface area contributed by atoms with Gasteiger partial charge in [0.05, 0.1) is 10.2 Å². The molecule has 0 unspecified atom stereocenters. The summed E-state index contributed by atoms with van der Waals surface area (Å²) in [6.07, 6.45) is 2.64. The molecule has 0 aromatic carbocycles. The smallest absolute Gasteiger partial charge is 0.180 e. The molecule has 106 valence electrons. The van der Waals surface area contributed by atoms with Crippen molar-refractivity contribution in [2.45, 2.75) is 39.5 Å². The summed E-state index contributed by atoms with van der Waals surface area (Å²) in [5, 5.41) is 0. The molecule has 0 saturated heterocycles. The second-order valence-electron chi connectivity index (χ2n) is 5.71. The molecule has 0 saturated carbocycles. The highest BCUT2D eigenvalue weighted by atomic mass is 79.9. The second kappa shape index (κ2) is 5.48. The number of nitrogens with zero attached hydrogens (tertiary/aromatic N) is 3. The van der Waals surface area contributed by atoms with Crippen molar-refractivity contribution in [3.8, 4) is 11.5 Å². The Balaban J connectivity index is 2.67. The molecule has 2 aromatic rings. The minimum atomic E-state index is -0.119. The Bertz CT molecular complexity index is 632. The van der Waals surface area contributed by atoms with Crippen LogP contribution in [0, 0.1) is 0 Å². The number of nitrogens with two attached hydrogens (primary N) is 1. The van der Waals surface area contributed by atoms with Gasteiger partial charge in [-0.15, -0.1) is 0 Å². The lowest BCUT2D eigenvalue weighted by Gasteiger charge is -2.21. The van der Waals surface area contributed by atoms with Crippen LogP contribution in [0.1, 0.15) is 39.0 Å². The van der Waals surface area contributed by atoms with E-state index in [1.54, 1.807) is 6.20 Å². The molecule has 2 rings (SSSR count). The molecule has 5 heteroatoms. The van der Waals surface area contributed by atoms with Crippen LogP contribution >= 0.6 is 15.9 Å². The van der Waals surface area contributed by atoms with Crippen LogP contribution in [0.25, 0.3) is 11.5 Å². The molecule has 2 N–H and O–H groups in total. The molecule has 2 aromatic heterocycles. The maximum atomic E-state index is 6.02. The normalized spacial score (nSPS) is 11.7. The van der Waals surface area contributed by atoms with Gasteiger partial charge in [0, 0.05) is 11.6 Å². The number of rotatable bonds is 2. The number of nitrogen functional groups attached to an aromatic ring is 1. The first-order valence-electron chi connectivity index (χ1n) is 6.62. The summed E-state index contributed by atoms with van der Waals surface area (Å²) in [6, 6.07) is 3.97. The summed E-state index contributed by atoms with van der Waals surface area (Å²) < 4.78 is 0.766. The molecule has 2 heterocycles. The number of aromatic nitrogens is 3. The van der Waals surface area contributed by atoms with Crippen molar-refractivity contribution in [2.24, 2.45) is 0 Å². The van der Waals surface area contributed by atoms with Gasteiger partial charge >= 0.3 is 0 Å². The van der Waals surface area contributed by atoms with Crippen LogP contribution in [0.3, 0.4) is 0 Å². The van der Waals surface area contributed by atoms with Crippen molar-refractivity contribution in [2.75, 3.05) is 5.73 Å². The van der Waals surface area contributed by atoms with Gasteiger partial charge in [0.2, 0.25) is 0 Å². The van der Waals surface area contributed by atoms with E-state index in [1.165, 1.54) is 0 Å². The molecular weight excluding hydrogens is 316 g/mol. The average Bonchev–Trinajstić information content (AvgIpc) is 2.40. The molecule has 0 fully saturated rings. The zero-order valence-corrected chi connectivity index (χ0v) is 13.8. The minimum Gasteiger partial charge on any atom is -0.383 e. The highest BCUT2D eigenvalue weighted by molar-refractivity contribution is 9.10. The minimum absolute atomic E-state index is 0.119. The Labute approximate surface area is 128 Å². The van der Waals surface area contributed by atoms with Crippen molar-refractivity contribution >= 4 is 21.7 Å². The maximum Gasteiger partial charge on any atom is 0.180 e. The first-order chi connectivity index (χ1) is 9.34. The monoisotopic (exact) mass is 334 g/mol. The number of hydrogen-bond acceptors (Lipinski definition) is 4. The average molecular weight is 335 g/mol. The first kappa shape index (κ1) is 14.9. The Hall–Kier alpha value is -1.49. The Morgan fingerprint density at radius 2 is 1.95 bits per heavy atom. The van der Waals surface area contributed by atoms with Gasteiger partial charge in [-0.3, -0.25) is 4.98 Å². The van der Waals surface area contributed by atoms with Gasteiger partial charge in [-0.1, -0.05) is 33.8 Å². The SMILES string of the molecule is CCc1cccnc1-c1nc(N)c(Br)c(C(C)(C)C)n1. The van der Waals surface area contributed by atoms with Crippen molar-refractivity contribution < 1.29 is 0 Å². The topological polar surface area (TPSA) is 64.7 Å². The zero-order chi connectivity index (χ0) is 14.9. The molecule has 0 aliphatic heterocycles. The maximum absolute atomic E-state index is 6.02. The summed E-state index contributed by atoms with van der Waals surface area (Å²) in [6.45, 7) is 8.39. The molecule has 0 amide bonds. The summed E-state index contributed by atoms with van der Waals surface area (Å²) >= 11 is 3.49. The highest BCUT2D eigenvalue weighted by Crippen LogP contribution is 2.33. The van der Waals surface area contributed by atoms with Gasteiger partial charge in [-0.2, -0.15) is 0 Å². The zero-order valence-electron chi connectivity index (χ0n) is 12.2. The van der Waals surface area contributed by atoms with Crippen LogP contribution in [-0.2, 0) is 11.8 Å². The van der Waals surface area contributed by atoms with Gasteiger partial charge < -0.3 is 5.73 Å². The molecule has 0 aliphatic rings. The van der Waals surface area contributed by atoms with E-state index < -0.39 is 0 Å². The predicted octanol–water partition coefficient (Wildman–Crippen LogP) is 3.74. The van der Waals surface area contributed by atoms with Gasteiger partial charge in [0.25, 0.3) is 0 Å². The summed E-state index contributed by atoms with van der Waals surface area (Å²) in [7, 11) is 0.